The first-order chi connectivity index (χ1) is 11.6. The van der Waals surface area contributed by atoms with E-state index in [4.69, 9.17) is 19.7 Å². The minimum atomic E-state index is -0.581. The van der Waals surface area contributed by atoms with Crippen LogP contribution in [0.3, 0.4) is 0 Å². The number of esters is 1. The predicted molar refractivity (Wildman–Crippen MR) is 88.9 cm³/mol. The fourth-order valence-electron chi connectivity index (χ4n) is 2.11. The minimum Gasteiger partial charge on any atom is -0.497 e. The number of nitrogens with two attached hydrogens (primary N) is 1. The van der Waals surface area contributed by atoms with Gasteiger partial charge in [0, 0.05) is 10.9 Å². The molecule has 0 spiro atoms. The number of hydrogen-bond donors (Lipinski definition) is 1. The van der Waals surface area contributed by atoms with Crippen molar-refractivity contribution in [2.45, 2.75) is 13.5 Å². The van der Waals surface area contributed by atoms with Crippen LogP contribution in [0.1, 0.15) is 21.7 Å². The Bertz CT molecular complexity index is 852. The molecule has 3 aromatic rings. The largest absolute Gasteiger partial charge is 0.497 e. The van der Waals surface area contributed by atoms with E-state index in [1.165, 1.54) is 11.3 Å². The molecule has 24 heavy (non-hydrogen) atoms. The van der Waals surface area contributed by atoms with Crippen molar-refractivity contribution in [2.24, 2.45) is 0 Å². The van der Waals surface area contributed by atoms with Crippen LogP contribution in [-0.2, 0) is 11.3 Å². The number of carbonyl (C=O) groups is 1. The summed E-state index contributed by atoms with van der Waals surface area (Å²) in [5.74, 6) is 0.129. The van der Waals surface area contributed by atoms with Gasteiger partial charge in [-0.2, -0.15) is 0 Å². The van der Waals surface area contributed by atoms with E-state index in [0.29, 0.717) is 11.4 Å². The third-order valence-electron chi connectivity index (χ3n) is 3.31. The zero-order valence-electron chi connectivity index (χ0n) is 13.1. The SMILES string of the molecule is COc1cccc(-c2nc(COC(=O)c3c(C)noc3N)cs2)c1. The number of aromatic nitrogens is 2. The van der Waals surface area contributed by atoms with Gasteiger partial charge in [0.1, 0.15) is 22.9 Å². The van der Waals surface area contributed by atoms with Crippen LogP contribution >= 0.6 is 11.3 Å². The van der Waals surface area contributed by atoms with Crippen LogP contribution in [-0.4, -0.2) is 23.2 Å². The van der Waals surface area contributed by atoms with E-state index in [-0.39, 0.29) is 18.1 Å². The highest BCUT2D eigenvalue weighted by Crippen LogP contribution is 2.27. The maximum atomic E-state index is 12.0. The quantitative estimate of drug-likeness (QED) is 0.709. The molecule has 1 aromatic carbocycles. The summed E-state index contributed by atoms with van der Waals surface area (Å²) in [6.07, 6.45) is 0. The molecule has 0 amide bonds. The summed E-state index contributed by atoms with van der Waals surface area (Å²) in [6.45, 7) is 1.67. The minimum absolute atomic E-state index is 0.0450. The molecule has 0 aliphatic heterocycles. The lowest BCUT2D eigenvalue weighted by Gasteiger charge is -2.02. The van der Waals surface area contributed by atoms with Crippen LogP contribution in [0.4, 0.5) is 5.88 Å². The molecular weight excluding hydrogens is 330 g/mol. The lowest BCUT2D eigenvalue weighted by atomic mass is 10.2. The Morgan fingerprint density at radius 3 is 2.96 bits per heavy atom. The van der Waals surface area contributed by atoms with Crippen LogP contribution in [0.2, 0.25) is 0 Å². The first-order valence-corrected chi connectivity index (χ1v) is 7.94. The Hall–Kier alpha value is -2.87. The van der Waals surface area contributed by atoms with E-state index in [0.717, 1.165) is 16.3 Å². The van der Waals surface area contributed by atoms with Gasteiger partial charge in [-0.15, -0.1) is 11.3 Å². The number of hydrogen-bond acceptors (Lipinski definition) is 8. The van der Waals surface area contributed by atoms with E-state index < -0.39 is 5.97 Å². The summed E-state index contributed by atoms with van der Waals surface area (Å²) >= 11 is 1.46. The second-order valence-electron chi connectivity index (χ2n) is 4.96. The number of anilines is 1. The monoisotopic (exact) mass is 345 g/mol. The molecule has 0 fully saturated rings. The highest BCUT2D eigenvalue weighted by molar-refractivity contribution is 7.13. The highest BCUT2D eigenvalue weighted by Gasteiger charge is 2.20. The second-order valence-corrected chi connectivity index (χ2v) is 5.82. The van der Waals surface area contributed by atoms with Gasteiger partial charge in [0.15, 0.2) is 0 Å². The van der Waals surface area contributed by atoms with Gasteiger partial charge in [0.25, 0.3) is 0 Å². The van der Waals surface area contributed by atoms with Crippen molar-refractivity contribution >= 4 is 23.2 Å². The average molecular weight is 345 g/mol. The molecule has 3 rings (SSSR count). The molecule has 0 saturated carbocycles. The van der Waals surface area contributed by atoms with Crippen molar-refractivity contribution < 1.29 is 18.8 Å². The molecular formula is C16H15N3O4S. The molecule has 7 nitrogen and oxygen atoms in total. The summed E-state index contributed by atoms with van der Waals surface area (Å²) in [4.78, 5) is 16.5. The number of thiazole rings is 1. The van der Waals surface area contributed by atoms with E-state index >= 15 is 0 Å². The maximum absolute atomic E-state index is 12.0. The molecule has 0 aliphatic carbocycles. The van der Waals surface area contributed by atoms with Gasteiger partial charge in [-0.25, -0.2) is 9.78 Å². The van der Waals surface area contributed by atoms with Gasteiger partial charge >= 0.3 is 5.97 Å². The van der Waals surface area contributed by atoms with E-state index in [1.54, 1.807) is 14.0 Å². The smallest absolute Gasteiger partial charge is 0.346 e. The summed E-state index contributed by atoms with van der Waals surface area (Å²) in [7, 11) is 1.62. The van der Waals surface area contributed by atoms with Crippen LogP contribution in [0.5, 0.6) is 5.75 Å². The number of methoxy groups -OCH3 is 1. The number of carbonyl (C=O) groups excluding carboxylic acids is 1. The molecule has 0 saturated heterocycles. The lowest BCUT2D eigenvalue weighted by molar-refractivity contribution is 0.0468. The molecule has 8 heteroatoms. The second kappa shape index (κ2) is 6.71. The molecule has 2 heterocycles. The molecule has 0 bridgehead atoms. The Kier molecular flexibility index (Phi) is 4.48. The molecule has 0 aliphatic rings. The van der Waals surface area contributed by atoms with Gasteiger partial charge in [0.2, 0.25) is 5.88 Å². The van der Waals surface area contributed by atoms with Crippen molar-refractivity contribution in [1.82, 2.24) is 10.1 Å². The molecule has 2 N–H and O–H groups in total. The van der Waals surface area contributed by atoms with Gasteiger partial charge < -0.3 is 19.7 Å². The summed E-state index contributed by atoms with van der Waals surface area (Å²) < 4.78 is 15.2. The third-order valence-corrected chi connectivity index (χ3v) is 4.25. The Morgan fingerprint density at radius 2 is 2.25 bits per heavy atom. The van der Waals surface area contributed by atoms with E-state index in [2.05, 4.69) is 10.1 Å². The molecule has 0 radical (unpaired) electrons. The van der Waals surface area contributed by atoms with Crippen LogP contribution in [0, 0.1) is 6.92 Å². The fourth-order valence-corrected chi connectivity index (χ4v) is 2.91. The van der Waals surface area contributed by atoms with Crippen molar-refractivity contribution in [3.05, 3.63) is 46.6 Å². The van der Waals surface area contributed by atoms with Gasteiger partial charge in [0.05, 0.1) is 18.5 Å². The third kappa shape index (κ3) is 3.23. The Labute approximate surface area is 142 Å². The van der Waals surface area contributed by atoms with E-state index in [1.807, 2.05) is 29.6 Å². The fraction of sp³-hybridized carbons (Fsp3) is 0.188. The van der Waals surface area contributed by atoms with Crippen LogP contribution in [0.15, 0.2) is 34.2 Å². The van der Waals surface area contributed by atoms with Gasteiger partial charge in [-0.3, -0.25) is 0 Å². The maximum Gasteiger partial charge on any atom is 0.346 e. The molecule has 124 valence electrons. The number of rotatable bonds is 5. The number of nitrogens with zero attached hydrogens (tertiary/aromatic N) is 2. The van der Waals surface area contributed by atoms with Gasteiger partial charge in [-0.1, -0.05) is 17.3 Å². The normalized spacial score (nSPS) is 10.6. The Morgan fingerprint density at radius 1 is 1.42 bits per heavy atom. The number of nitrogen functional groups attached to an aromatic ring is 1. The molecule has 2 aromatic heterocycles. The van der Waals surface area contributed by atoms with Crippen molar-refractivity contribution in [3.8, 4) is 16.3 Å². The van der Waals surface area contributed by atoms with E-state index in [9.17, 15) is 4.79 Å². The van der Waals surface area contributed by atoms with Crippen molar-refractivity contribution in [1.29, 1.82) is 0 Å². The molecule has 0 atom stereocenters. The van der Waals surface area contributed by atoms with Gasteiger partial charge in [-0.05, 0) is 19.1 Å². The Balaban J connectivity index is 1.69. The van der Waals surface area contributed by atoms with Crippen LogP contribution < -0.4 is 10.5 Å². The lowest BCUT2D eigenvalue weighted by Crippen LogP contribution is -2.08. The summed E-state index contributed by atoms with van der Waals surface area (Å²) in [5.41, 5.74) is 7.70. The van der Waals surface area contributed by atoms with Crippen molar-refractivity contribution in [2.75, 3.05) is 12.8 Å². The first kappa shape index (κ1) is 16.0. The predicted octanol–water partition coefficient (Wildman–Crippen LogP) is 3.05. The standard InChI is InChI=1S/C16H15N3O4S/c1-9-13(14(17)23-19-9)16(20)22-7-11-8-24-15(18-11)10-4-3-5-12(6-10)21-2/h3-6,8H,7,17H2,1-2H3. The number of benzene rings is 1. The summed E-state index contributed by atoms with van der Waals surface area (Å²) in [5, 5.41) is 6.29. The topological polar surface area (TPSA) is 100 Å². The number of aryl methyl sites for hydroxylation is 1. The summed E-state index contributed by atoms with van der Waals surface area (Å²) in [6, 6.07) is 7.60. The van der Waals surface area contributed by atoms with Crippen molar-refractivity contribution in [3.63, 3.8) is 0 Å². The molecule has 0 unspecified atom stereocenters. The average Bonchev–Trinajstić information content (AvgIpc) is 3.19. The van der Waals surface area contributed by atoms with Crippen LogP contribution in [0.25, 0.3) is 10.6 Å². The highest BCUT2D eigenvalue weighted by atomic mass is 32.1. The first-order valence-electron chi connectivity index (χ1n) is 7.06. The zero-order valence-corrected chi connectivity index (χ0v) is 13.9. The zero-order chi connectivity index (χ0) is 17.1. The number of ether oxygens (including phenoxy) is 2.